The Morgan fingerprint density at radius 1 is 0.360 bits per heavy atom. The lowest BCUT2D eigenvalue weighted by atomic mass is 9.95. The minimum atomic E-state index is 0.617. The fraction of sp³-hybridized carbons (Fsp3) is 0. The number of hydrogen-bond acceptors (Lipinski definition) is 4. The molecule has 0 amide bonds. The van der Waals surface area contributed by atoms with Crippen LogP contribution in [0.2, 0.25) is 0 Å². The lowest BCUT2D eigenvalue weighted by molar-refractivity contribution is 0.667. The van der Waals surface area contributed by atoms with Gasteiger partial charge in [-0.25, -0.2) is 9.97 Å². The number of nitrogens with zero attached hydrogens (tertiary/aromatic N) is 2. The molecule has 3 heterocycles. The van der Waals surface area contributed by atoms with Gasteiger partial charge in [-0.05, 0) is 58.1 Å². The number of benzene rings is 7. The summed E-state index contributed by atoms with van der Waals surface area (Å²) in [5.74, 6) is 0.617. The molecule has 0 bridgehead atoms. The lowest BCUT2D eigenvalue weighted by Crippen LogP contribution is -1.94. The highest BCUT2D eigenvalue weighted by Crippen LogP contribution is 2.44. The molecule has 0 fully saturated rings. The van der Waals surface area contributed by atoms with Crippen molar-refractivity contribution in [2.45, 2.75) is 0 Å². The van der Waals surface area contributed by atoms with E-state index in [9.17, 15) is 0 Å². The summed E-state index contributed by atoms with van der Waals surface area (Å²) < 4.78 is 13.2. The minimum Gasteiger partial charge on any atom is -0.455 e. The molecule has 0 aliphatic rings. The van der Waals surface area contributed by atoms with Gasteiger partial charge in [0.1, 0.15) is 28.0 Å². The van der Waals surface area contributed by atoms with Gasteiger partial charge in [-0.2, -0.15) is 0 Å². The molecule has 0 N–H and O–H groups in total. The third kappa shape index (κ3) is 4.61. The van der Waals surface area contributed by atoms with E-state index < -0.39 is 0 Å². The first kappa shape index (κ1) is 28.3. The van der Waals surface area contributed by atoms with E-state index in [0.29, 0.717) is 11.4 Å². The van der Waals surface area contributed by atoms with E-state index in [4.69, 9.17) is 18.8 Å². The standard InChI is InChI=1S/C46H28N2O2/c1-4-13-29(14-5-1)31-23-25-33(26-24-31)42-45-43(35-19-10-11-21-39(35)49-45)48-46(47-42)36-20-12-22-40-41(36)38-28-34(30-15-6-2-7-16-30)27-37(44(38)50-40)32-17-8-3-9-18-32/h1-28H. The maximum atomic E-state index is 6.73. The van der Waals surface area contributed by atoms with E-state index in [2.05, 4.69) is 121 Å². The Hall–Kier alpha value is -6.78. The Morgan fingerprint density at radius 2 is 0.940 bits per heavy atom. The van der Waals surface area contributed by atoms with Crippen molar-refractivity contribution in [2.75, 3.05) is 0 Å². The van der Waals surface area contributed by atoms with Crippen LogP contribution >= 0.6 is 0 Å². The van der Waals surface area contributed by atoms with Gasteiger partial charge in [0, 0.05) is 32.8 Å². The van der Waals surface area contributed by atoms with Crippen molar-refractivity contribution in [1.82, 2.24) is 9.97 Å². The molecule has 50 heavy (non-hydrogen) atoms. The highest BCUT2D eigenvalue weighted by molar-refractivity contribution is 6.17. The second kappa shape index (κ2) is 11.4. The summed E-state index contributed by atoms with van der Waals surface area (Å²) in [4.78, 5) is 10.5. The van der Waals surface area contributed by atoms with E-state index in [1.807, 2.05) is 48.5 Å². The Morgan fingerprint density at radius 3 is 1.68 bits per heavy atom. The van der Waals surface area contributed by atoms with Gasteiger partial charge in [0.05, 0.1) is 0 Å². The summed E-state index contributed by atoms with van der Waals surface area (Å²) in [5.41, 5.74) is 13.2. The van der Waals surface area contributed by atoms with E-state index >= 15 is 0 Å². The number of furan rings is 2. The van der Waals surface area contributed by atoms with Gasteiger partial charge in [0.15, 0.2) is 11.4 Å². The number of para-hydroxylation sites is 1. The van der Waals surface area contributed by atoms with Gasteiger partial charge in [-0.3, -0.25) is 0 Å². The van der Waals surface area contributed by atoms with E-state index in [0.717, 1.165) is 83.1 Å². The number of aromatic nitrogens is 2. The van der Waals surface area contributed by atoms with Crippen molar-refractivity contribution in [3.05, 3.63) is 170 Å². The molecule has 234 valence electrons. The van der Waals surface area contributed by atoms with Crippen LogP contribution in [-0.2, 0) is 0 Å². The van der Waals surface area contributed by atoms with Crippen LogP contribution in [0.25, 0.3) is 100 Å². The molecule has 0 unspecified atom stereocenters. The smallest absolute Gasteiger partial charge is 0.180 e. The second-order valence-corrected chi connectivity index (χ2v) is 12.5. The fourth-order valence-corrected chi connectivity index (χ4v) is 7.10. The summed E-state index contributed by atoms with van der Waals surface area (Å²) in [6, 6.07) is 58.5. The van der Waals surface area contributed by atoms with Gasteiger partial charge in [-0.1, -0.05) is 140 Å². The topological polar surface area (TPSA) is 52.1 Å². The monoisotopic (exact) mass is 640 g/mol. The average molecular weight is 641 g/mol. The van der Waals surface area contributed by atoms with Crippen LogP contribution in [0.5, 0.6) is 0 Å². The van der Waals surface area contributed by atoms with Crippen molar-refractivity contribution >= 4 is 44.0 Å². The molecule has 0 spiro atoms. The van der Waals surface area contributed by atoms with E-state index in [1.54, 1.807) is 0 Å². The van der Waals surface area contributed by atoms with Crippen LogP contribution in [-0.4, -0.2) is 9.97 Å². The highest BCUT2D eigenvalue weighted by atomic mass is 16.3. The zero-order valence-corrected chi connectivity index (χ0v) is 26.9. The molecule has 0 atom stereocenters. The van der Waals surface area contributed by atoms with Gasteiger partial charge >= 0.3 is 0 Å². The minimum absolute atomic E-state index is 0.617. The first-order chi connectivity index (χ1) is 24.8. The van der Waals surface area contributed by atoms with Crippen LogP contribution in [0.4, 0.5) is 0 Å². The van der Waals surface area contributed by atoms with E-state index in [1.165, 1.54) is 5.56 Å². The van der Waals surface area contributed by atoms with Crippen molar-refractivity contribution in [3.8, 4) is 56.0 Å². The lowest BCUT2D eigenvalue weighted by Gasteiger charge is -2.10. The maximum absolute atomic E-state index is 6.73. The predicted molar refractivity (Wildman–Crippen MR) is 204 cm³/mol. The molecule has 4 nitrogen and oxygen atoms in total. The number of rotatable bonds is 5. The molecular formula is C46H28N2O2. The van der Waals surface area contributed by atoms with Crippen molar-refractivity contribution in [2.24, 2.45) is 0 Å². The number of hydrogen-bond donors (Lipinski definition) is 0. The van der Waals surface area contributed by atoms with Crippen molar-refractivity contribution in [1.29, 1.82) is 0 Å². The summed E-state index contributed by atoms with van der Waals surface area (Å²) >= 11 is 0. The van der Waals surface area contributed by atoms with E-state index in [-0.39, 0.29) is 0 Å². The Kier molecular flexibility index (Phi) is 6.46. The molecule has 0 aliphatic carbocycles. The average Bonchev–Trinajstić information content (AvgIpc) is 3.77. The Balaban J connectivity index is 1.24. The molecule has 3 aromatic heterocycles. The molecular weight excluding hydrogens is 613 g/mol. The third-order valence-corrected chi connectivity index (χ3v) is 9.51. The summed E-state index contributed by atoms with van der Waals surface area (Å²) in [6.07, 6.45) is 0. The molecule has 4 heteroatoms. The van der Waals surface area contributed by atoms with Crippen LogP contribution in [0.3, 0.4) is 0 Å². The van der Waals surface area contributed by atoms with Crippen LogP contribution in [0.15, 0.2) is 179 Å². The van der Waals surface area contributed by atoms with Crippen LogP contribution in [0.1, 0.15) is 0 Å². The molecule has 10 rings (SSSR count). The third-order valence-electron chi connectivity index (χ3n) is 9.51. The first-order valence-corrected chi connectivity index (χ1v) is 16.7. The molecule has 10 aromatic rings. The first-order valence-electron chi connectivity index (χ1n) is 16.7. The fourth-order valence-electron chi connectivity index (χ4n) is 7.10. The summed E-state index contributed by atoms with van der Waals surface area (Å²) in [5, 5.41) is 2.95. The Bertz CT molecular complexity index is 2840. The highest BCUT2D eigenvalue weighted by Gasteiger charge is 2.22. The molecule has 0 aliphatic heterocycles. The second-order valence-electron chi connectivity index (χ2n) is 12.5. The zero-order valence-electron chi connectivity index (χ0n) is 26.9. The molecule has 7 aromatic carbocycles. The van der Waals surface area contributed by atoms with Crippen molar-refractivity contribution in [3.63, 3.8) is 0 Å². The van der Waals surface area contributed by atoms with Crippen molar-refractivity contribution < 1.29 is 8.83 Å². The molecule has 0 radical (unpaired) electrons. The summed E-state index contributed by atoms with van der Waals surface area (Å²) in [6.45, 7) is 0. The van der Waals surface area contributed by atoms with Gasteiger partial charge in [0.25, 0.3) is 0 Å². The SMILES string of the molecule is c1ccc(-c2ccc(-c3nc(-c4cccc5oc6c(-c7ccccc7)cc(-c7ccccc7)cc6c45)nc4c3oc3ccccc34)cc2)cc1. The van der Waals surface area contributed by atoms with Gasteiger partial charge in [0.2, 0.25) is 0 Å². The molecule has 0 saturated heterocycles. The maximum Gasteiger partial charge on any atom is 0.180 e. The summed E-state index contributed by atoms with van der Waals surface area (Å²) in [7, 11) is 0. The Labute approximate surface area is 287 Å². The largest absolute Gasteiger partial charge is 0.455 e. The van der Waals surface area contributed by atoms with Crippen LogP contribution < -0.4 is 0 Å². The predicted octanol–water partition coefficient (Wildman–Crippen LogP) is 12.6. The normalized spacial score (nSPS) is 11.6. The van der Waals surface area contributed by atoms with Gasteiger partial charge < -0.3 is 8.83 Å². The number of fused-ring (bicyclic) bond motifs is 6. The molecule has 0 saturated carbocycles. The van der Waals surface area contributed by atoms with Crippen LogP contribution in [0, 0.1) is 0 Å². The zero-order chi connectivity index (χ0) is 33.0. The van der Waals surface area contributed by atoms with Gasteiger partial charge in [-0.15, -0.1) is 0 Å². The quantitative estimate of drug-likeness (QED) is 0.188.